The van der Waals surface area contributed by atoms with Crippen molar-refractivity contribution in [3.63, 3.8) is 0 Å². The van der Waals surface area contributed by atoms with E-state index in [0.717, 1.165) is 11.8 Å². The van der Waals surface area contributed by atoms with E-state index in [2.05, 4.69) is 4.74 Å². The zero-order valence-corrected chi connectivity index (χ0v) is 10.1. The number of esters is 1. The van der Waals surface area contributed by atoms with E-state index in [1.165, 1.54) is 7.11 Å². The Balaban J connectivity index is 2.51. The number of aryl methyl sites for hydroxylation is 1. The summed E-state index contributed by atoms with van der Waals surface area (Å²) in [6, 6.07) is 5.39. The van der Waals surface area contributed by atoms with Gasteiger partial charge in [-0.05, 0) is 25.0 Å². The SMILES string of the molecule is COC(=O)CCCOc1c(C)cccc1C=O. The lowest BCUT2D eigenvalue weighted by Gasteiger charge is -2.10. The van der Waals surface area contributed by atoms with Crippen LogP contribution in [0.3, 0.4) is 0 Å². The normalized spacial score (nSPS) is 9.76. The monoisotopic (exact) mass is 236 g/mol. The summed E-state index contributed by atoms with van der Waals surface area (Å²) in [6.45, 7) is 2.27. The number of ether oxygens (including phenoxy) is 2. The first-order valence-electron chi connectivity index (χ1n) is 5.43. The highest BCUT2D eigenvalue weighted by atomic mass is 16.5. The number of para-hydroxylation sites is 1. The highest BCUT2D eigenvalue weighted by Gasteiger charge is 2.06. The van der Waals surface area contributed by atoms with Crippen molar-refractivity contribution in [2.75, 3.05) is 13.7 Å². The molecule has 0 saturated carbocycles. The van der Waals surface area contributed by atoms with Crippen molar-refractivity contribution < 1.29 is 19.1 Å². The van der Waals surface area contributed by atoms with Gasteiger partial charge in [-0.3, -0.25) is 9.59 Å². The first-order valence-corrected chi connectivity index (χ1v) is 5.43. The summed E-state index contributed by atoms with van der Waals surface area (Å²) in [5, 5.41) is 0. The quantitative estimate of drug-likeness (QED) is 0.431. The Hall–Kier alpha value is -1.84. The van der Waals surface area contributed by atoms with Crippen molar-refractivity contribution in [2.45, 2.75) is 19.8 Å². The highest BCUT2D eigenvalue weighted by Crippen LogP contribution is 2.21. The van der Waals surface area contributed by atoms with Gasteiger partial charge in [0.05, 0.1) is 19.3 Å². The van der Waals surface area contributed by atoms with Gasteiger partial charge in [0.2, 0.25) is 0 Å². The third-order valence-electron chi connectivity index (χ3n) is 2.37. The molecule has 0 atom stereocenters. The van der Waals surface area contributed by atoms with Crippen molar-refractivity contribution in [1.29, 1.82) is 0 Å². The van der Waals surface area contributed by atoms with Crippen LogP contribution in [0.5, 0.6) is 5.75 Å². The third kappa shape index (κ3) is 3.90. The Morgan fingerprint density at radius 3 is 2.82 bits per heavy atom. The van der Waals surface area contributed by atoms with Gasteiger partial charge in [-0.1, -0.05) is 12.1 Å². The zero-order valence-electron chi connectivity index (χ0n) is 10.1. The van der Waals surface area contributed by atoms with Crippen LogP contribution in [0.4, 0.5) is 0 Å². The first kappa shape index (κ1) is 13.2. The summed E-state index contributed by atoms with van der Waals surface area (Å²) in [5.41, 5.74) is 1.44. The van der Waals surface area contributed by atoms with Crippen LogP contribution >= 0.6 is 0 Å². The van der Waals surface area contributed by atoms with Gasteiger partial charge >= 0.3 is 5.97 Å². The number of aldehydes is 1. The van der Waals surface area contributed by atoms with Crippen LogP contribution in [0.1, 0.15) is 28.8 Å². The van der Waals surface area contributed by atoms with Crippen LogP contribution in [0.15, 0.2) is 18.2 Å². The van der Waals surface area contributed by atoms with Crippen LogP contribution in [0.2, 0.25) is 0 Å². The fraction of sp³-hybridized carbons (Fsp3) is 0.385. The van der Waals surface area contributed by atoms with E-state index in [0.29, 0.717) is 30.8 Å². The summed E-state index contributed by atoms with van der Waals surface area (Å²) in [5.74, 6) is 0.335. The Morgan fingerprint density at radius 2 is 2.18 bits per heavy atom. The van der Waals surface area contributed by atoms with Crippen molar-refractivity contribution in [3.8, 4) is 5.75 Å². The summed E-state index contributed by atoms with van der Waals surface area (Å²) in [4.78, 5) is 21.7. The fourth-order valence-electron chi connectivity index (χ4n) is 1.46. The molecule has 0 amide bonds. The lowest BCUT2D eigenvalue weighted by Crippen LogP contribution is -2.06. The zero-order chi connectivity index (χ0) is 12.7. The standard InChI is InChI=1S/C13H16O4/c1-10-5-3-6-11(9-14)13(10)17-8-4-7-12(15)16-2/h3,5-6,9H,4,7-8H2,1-2H3. The Labute approximate surface area is 101 Å². The molecule has 0 saturated heterocycles. The Morgan fingerprint density at radius 1 is 1.41 bits per heavy atom. The minimum absolute atomic E-state index is 0.256. The second kappa shape index (κ2) is 6.68. The van der Waals surface area contributed by atoms with E-state index in [1.54, 1.807) is 12.1 Å². The summed E-state index contributed by atoms with van der Waals surface area (Å²) in [7, 11) is 1.36. The largest absolute Gasteiger partial charge is 0.493 e. The molecule has 0 bridgehead atoms. The Kier molecular flexibility index (Phi) is 5.20. The molecule has 0 radical (unpaired) electrons. The summed E-state index contributed by atoms with van der Waals surface area (Å²) >= 11 is 0. The molecule has 0 spiro atoms. The molecule has 0 heterocycles. The molecule has 4 nitrogen and oxygen atoms in total. The van der Waals surface area contributed by atoms with Crippen LogP contribution in [-0.4, -0.2) is 26.0 Å². The second-order valence-corrected chi connectivity index (χ2v) is 3.64. The van der Waals surface area contributed by atoms with Gasteiger partial charge in [0, 0.05) is 6.42 Å². The molecular weight excluding hydrogens is 220 g/mol. The van der Waals surface area contributed by atoms with E-state index in [1.807, 2.05) is 13.0 Å². The molecule has 0 fully saturated rings. The minimum Gasteiger partial charge on any atom is -0.493 e. The number of hydrogen-bond acceptors (Lipinski definition) is 4. The molecule has 0 N–H and O–H groups in total. The van der Waals surface area contributed by atoms with Crippen molar-refractivity contribution in [1.82, 2.24) is 0 Å². The van der Waals surface area contributed by atoms with Gasteiger partial charge < -0.3 is 9.47 Å². The van der Waals surface area contributed by atoms with Gasteiger partial charge in [-0.2, -0.15) is 0 Å². The summed E-state index contributed by atoms with van der Waals surface area (Å²) < 4.78 is 10.0. The molecule has 4 heteroatoms. The molecule has 0 unspecified atom stereocenters. The van der Waals surface area contributed by atoms with Crippen molar-refractivity contribution in [3.05, 3.63) is 29.3 Å². The maximum Gasteiger partial charge on any atom is 0.305 e. The van der Waals surface area contributed by atoms with E-state index in [9.17, 15) is 9.59 Å². The number of benzene rings is 1. The number of carbonyl (C=O) groups is 2. The number of carbonyl (C=O) groups excluding carboxylic acids is 2. The molecule has 1 aromatic carbocycles. The lowest BCUT2D eigenvalue weighted by atomic mass is 10.1. The van der Waals surface area contributed by atoms with Gasteiger partial charge in [-0.15, -0.1) is 0 Å². The van der Waals surface area contributed by atoms with Crippen LogP contribution in [-0.2, 0) is 9.53 Å². The fourth-order valence-corrected chi connectivity index (χ4v) is 1.46. The van der Waals surface area contributed by atoms with Gasteiger partial charge in [0.25, 0.3) is 0 Å². The molecule has 1 aromatic rings. The van der Waals surface area contributed by atoms with E-state index >= 15 is 0 Å². The minimum atomic E-state index is -0.256. The van der Waals surface area contributed by atoms with E-state index < -0.39 is 0 Å². The predicted octanol–water partition coefficient (Wildman–Crippen LogP) is 2.14. The van der Waals surface area contributed by atoms with Crippen LogP contribution < -0.4 is 4.74 Å². The maximum atomic E-state index is 10.9. The molecule has 92 valence electrons. The van der Waals surface area contributed by atoms with Crippen LogP contribution in [0, 0.1) is 6.92 Å². The average molecular weight is 236 g/mol. The molecule has 0 aliphatic rings. The average Bonchev–Trinajstić information content (AvgIpc) is 2.35. The third-order valence-corrected chi connectivity index (χ3v) is 2.37. The summed E-state index contributed by atoms with van der Waals surface area (Å²) in [6.07, 6.45) is 1.65. The molecule has 17 heavy (non-hydrogen) atoms. The molecule has 0 aliphatic carbocycles. The molecule has 0 aliphatic heterocycles. The predicted molar refractivity (Wildman–Crippen MR) is 63.3 cm³/mol. The van der Waals surface area contributed by atoms with Crippen molar-refractivity contribution in [2.24, 2.45) is 0 Å². The smallest absolute Gasteiger partial charge is 0.305 e. The second-order valence-electron chi connectivity index (χ2n) is 3.64. The maximum absolute atomic E-state index is 10.9. The van der Waals surface area contributed by atoms with Crippen molar-refractivity contribution >= 4 is 12.3 Å². The van der Waals surface area contributed by atoms with E-state index in [-0.39, 0.29) is 5.97 Å². The highest BCUT2D eigenvalue weighted by molar-refractivity contribution is 5.80. The lowest BCUT2D eigenvalue weighted by molar-refractivity contribution is -0.140. The number of methoxy groups -OCH3 is 1. The topological polar surface area (TPSA) is 52.6 Å². The first-order chi connectivity index (χ1) is 8.19. The molecule has 0 aromatic heterocycles. The Bertz CT molecular complexity index is 398. The van der Waals surface area contributed by atoms with Gasteiger partial charge in [0.1, 0.15) is 5.75 Å². The van der Waals surface area contributed by atoms with E-state index in [4.69, 9.17) is 4.74 Å². The van der Waals surface area contributed by atoms with Gasteiger partial charge in [-0.25, -0.2) is 0 Å². The molecule has 1 rings (SSSR count). The number of rotatable bonds is 6. The van der Waals surface area contributed by atoms with Crippen LogP contribution in [0.25, 0.3) is 0 Å². The molecular formula is C13H16O4. The van der Waals surface area contributed by atoms with Gasteiger partial charge in [0.15, 0.2) is 6.29 Å². The number of hydrogen-bond donors (Lipinski definition) is 0.